The van der Waals surface area contributed by atoms with Crippen LogP contribution in [0.3, 0.4) is 0 Å². The number of Topliss-reactive ketones (excluding diaryl/α,β-unsaturated/α-hetero) is 1. The molecule has 14 amide bonds. The number of aliphatic hydroxyl groups excluding tert-OH is 1. The van der Waals surface area contributed by atoms with Crippen LogP contribution < -0.4 is 75.3 Å². The molecule has 0 aliphatic carbocycles. The predicted molar refractivity (Wildman–Crippen MR) is 413 cm³/mol. The number of imide groups is 1. The highest BCUT2D eigenvalue weighted by atomic mass is 35.5. The van der Waals surface area contributed by atoms with Crippen molar-refractivity contribution in [3.8, 4) is 0 Å². The van der Waals surface area contributed by atoms with Crippen molar-refractivity contribution in [3.63, 3.8) is 0 Å². The molecule has 10 atom stereocenters. The van der Waals surface area contributed by atoms with E-state index in [9.17, 15) is 62.6 Å². The van der Waals surface area contributed by atoms with Gasteiger partial charge in [0.05, 0.1) is 19.1 Å². The number of unbranched alkanes of at least 4 members (excludes halogenated alkanes) is 1. The number of benzene rings is 5. The Kier molecular flexibility index (Phi) is 31.2. The summed E-state index contributed by atoms with van der Waals surface area (Å²) in [6.07, 6.45) is 4.67. The third-order valence-electron chi connectivity index (χ3n) is 18.9. The minimum atomic E-state index is -1.89. The number of rotatable bonds is 39. The summed E-state index contributed by atoms with van der Waals surface area (Å²) in [5.41, 5.74) is 12.9. The molecule has 111 heavy (non-hydrogen) atoms. The van der Waals surface area contributed by atoms with Crippen molar-refractivity contribution in [2.75, 3.05) is 30.3 Å². The maximum atomic E-state index is 15.4. The number of primary amides is 1. The lowest BCUT2D eigenvalue weighted by atomic mass is 9.92. The largest absolute Gasteiger partial charge is 0.394 e. The van der Waals surface area contributed by atoms with Crippen LogP contribution in [-0.4, -0.2) is 184 Å². The second kappa shape index (κ2) is 40.8. The second-order valence-electron chi connectivity index (χ2n) is 28.4. The SMILES string of the molecule is CC(=O)[C@@]1([C]=O)CCCN1C(=O)[C@H](CCCCNC(C)C)NC(=O)[C@H](CC(C)C)NC(=O)[C@@H](Cc1ccc(NC(N)=O)cc1)NC(=O)[C@H](Cc1ccc(NC(=O)[C@@H]2CC(=O)NC(=O)N2)cc1)NC(=O)[C@H](CO)NC(=O)[C@@H](Cc1cccnc1)NC(=O)[C@@H](Cc1ccc(Cl)cc1)NC(=O)[C@H](N)Cc1ccc2ccccc2c1. The van der Waals surface area contributed by atoms with Gasteiger partial charge in [-0.05, 0) is 145 Å². The third-order valence-corrected chi connectivity index (χ3v) is 19.1. The maximum absolute atomic E-state index is 15.4. The van der Waals surface area contributed by atoms with Gasteiger partial charge in [-0.25, -0.2) is 9.59 Å². The van der Waals surface area contributed by atoms with Gasteiger partial charge in [-0.2, -0.15) is 0 Å². The van der Waals surface area contributed by atoms with E-state index in [1.807, 2.05) is 61.6 Å². The van der Waals surface area contributed by atoms with Crippen LogP contribution in [0.1, 0.15) is 107 Å². The molecular weight excluding hydrogens is 1450 g/mol. The highest BCUT2D eigenvalue weighted by Gasteiger charge is 2.50. The second-order valence-corrected chi connectivity index (χ2v) is 28.8. The van der Waals surface area contributed by atoms with Crippen molar-refractivity contribution < 1.29 is 72.2 Å². The Morgan fingerprint density at radius 2 is 1.11 bits per heavy atom. The van der Waals surface area contributed by atoms with Crippen LogP contribution in [0.2, 0.25) is 5.02 Å². The molecule has 31 nitrogen and oxygen atoms in total. The Balaban J connectivity index is 1.09. The lowest BCUT2D eigenvalue weighted by molar-refractivity contribution is -0.143. The third kappa shape index (κ3) is 25.3. The zero-order valence-electron chi connectivity index (χ0n) is 62.3. The number of amides is 14. The number of pyridine rings is 1. The first-order chi connectivity index (χ1) is 53.0. The number of hydrogen-bond donors (Lipinski definition) is 15. The number of nitrogens with zero attached hydrogens (tertiary/aromatic N) is 2. The summed E-state index contributed by atoms with van der Waals surface area (Å²) in [6, 6.07) is 19.9. The van der Waals surface area contributed by atoms with Crippen LogP contribution in [0.25, 0.3) is 10.8 Å². The fraction of sp³-hybridized carbons (Fsp3) is 0.405. The molecule has 17 N–H and O–H groups in total. The lowest BCUT2D eigenvalue weighted by Crippen LogP contribution is -2.62. The van der Waals surface area contributed by atoms with Gasteiger partial charge in [-0.3, -0.25) is 67.8 Å². The molecule has 6 aromatic rings. The first-order valence-electron chi connectivity index (χ1n) is 36.7. The molecule has 2 saturated heterocycles. The molecule has 2 aliphatic rings. The number of nitrogens with two attached hydrogens (primary N) is 2. The van der Waals surface area contributed by atoms with Gasteiger partial charge in [0.15, 0.2) is 11.3 Å². The number of hydrogen-bond acceptors (Lipinski definition) is 18. The Bertz CT molecular complexity index is 4310. The minimum absolute atomic E-state index is 0.0282. The summed E-state index contributed by atoms with van der Waals surface area (Å²) in [7, 11) is 0. The number of urea groups is 2. The van der Waals surface area contributed by atoms with Crippen LogP contribution >= 0.6 is 11.6 Å². The number of fused-ring (bicyclic) bond motifs is 1. The van der Waals surface area contributed by atoms with E-state index in [4.69, 9.17) is 23.1 Å². The normalized spacial score (nSPS) is 16.8. The molecule has 1 aromatic heterocycles. The lowest BCUT2D eigenvalue weighted by Gasteiger charge is -2.34. The quantitative estimate of drug-likeness (QED) is 0.0195. The summed E-state index contributed by atoms with van der Waals surface area (Å²) in [6.45, 7) is 8.17. The van der Waals surface area contributed by atoms with Gasteiger partial charge in [0.25, 0.3) is 0 Å². The molecule has 589 valence electrons. The van der Waals surface area contributed by atoms with E-state index in [0.717, 1.165) is 21.2 Å². The molecule has 3 heterocycles. The first-order valence-corrected chi connectivity index (χ1v) is 37.1. The predicted octanol–water partition coefficient (Wildman–Crippen LogP) is 2.42. The maximum Gasteiger partial charge on any atom is 0.322 e. The van der Waals surface area contributed by atoms with E-state index < -0.39 is 150 Å². The molecule has 2 fully saturated rings. The smallest absolute Gasteiger partial charge is 0.322 e. The highest BCUT2D eigenvalue weighted by molar-refractivity contribution is 6.30. The molecule has 32 heteroatoms. The van der Waals surface area contributed by atoms with E-state index in [2.05, 4.69) is 63.5 Å². The minimum Gasteiger partial charge on any atom is -0.394 e. The van der Waals surface area contributed by atoms with Crippen molar-refractivity contribution >= 4 is 117 Å². The van der Waals surface area contributed by atoms with Crippen LogP contribution in [0.5, 0.6) is 0 Å². The van der Waals surface area contributed by atoms with Gasteiger partial charge in [-0.15, -0.1) is 0 Å². The van der Waals surface area contributed by atoms with Gasteiger partial charge >= 0.3 is 12.1 Å². The summed E-state index contributed by atoms with van der Waals surface area (Å²) in [4.78, 5) is 199. The molecule has 0 spiro atoms. The Morgan fingerprint density at radius 3 is 1.63 bits per heavy atom. The average Bonchev–Trinajstić information content (AvgIpc) is 1.64. The molecule has 1 radical (unpaired) electrons. The summed E-state index contributed by atoms with van der Waals surface area (Å²) in [5, 5.41) is 45.1. The average molecular weight is 1550 g/mol. The monoisotopic (exact) mass is 1540 g/mol. The molecule has 0 bridgehead atoms. The summed E-state index contributed by atoms with van der Waals surface area (Å²) < 4.78 is 0. The van der Waals surface area contributed by atoms with E-state index in [-0.39, 0.29) is 81.2 Å². The molecule has 0 saturated carbocycles. The zero-order chi connectivity index (χ0) is 80.5. The van der Waals surface area contributed by atoms with Gasteiger partial charge in [0.1, 0.15) is 48.3 Å². The van der Waals surface area contributed by atoms with Crippen molar-refractivity contribution in [3.05, 3.63) is 173 Å². The number of carbonyl (C=O) groups is 13. The first kappa shape index (κ1) is 85.1. The fourth-order valence-electron chi connectivity index (χ4n) is 13.0. The van der Waals surface area contributed by atoms with Crippen LogP contribution in [0, 0.1) is 5.92 Å². The van der Waals surface area contributed by atoms with Gasteiger partial charge in [-0.1, -0.05) is 124 Å². The van der Waals surface area contributed by atoms with E-state index >= 15 is 9.59 Å². The molecule has 0 unspecified atom stereocenters. The van der Waals surface area contributed by atoms with Crippen molar-refractivity contribution in [2.24, 2.45) is 17.4 Å². The number of likely N-dealkylation sites (tertiary alicyclic amines) is 1. The summed E-state index contributed by atoms with van der Waals surface area (Å²) >= 11 is 6.24. The number of carbonyl (C=O) groups excluding carboxylic acids is 14. The fourth-order valence-corrected chi connectivity index (χ4v) is 13.1. The van der Waals surface area contributed by atoms with Crippen LogP contribution in [0.4, 0.5) is 21.0 Å². The van der Waals surface area contributed by atoms with Crippen LogP contribution in [0.15, 0.2) is 140 Å². The molecule has 5 aromatic carbocycles. The van der Waals surface area contributed by atoms with E-state index in [1.54, 1.807) is 56.5 Å². The summed E-state index contributed by atoms with van der Waals surface area (Å²) in [5.74, 6) is -9.59. The zero-order valence-corrected chi connectivity index (χ0v) is 63.1. The Morgan fingerprint density at radius 1 is 0.604 bits per heavy atom. The van der Waals surface area contributed by atoms with Crippen LogP contribution in [-0.2, 0) is 89.6 Å². The Hall–Kier alpha value is -11.5. The number of anilines is 2. The Labute approximate surface area is 647 Å². The molecule has 2 aliphatic heterocycles. The van der Waals surface area contributed by atoms with Gasteiger partial charge in [0.2, 0.25) is 65.4 Å². The van der Waals surface area contributed by atoms with Gasteiger partial charge in [0, 0.05) is 67.1 Å². The number of ketones is 1. The van der Waals surface area contributed by atoms with Gasteiger partial charge < -0.3 is 80.0 Å². The van der Waals surface area contributed by atoms with Crippen molar-refractivity contribution in [1.82, 2.24) is 63.1 Å². The molecule has 8 rings (SSSR count). The van der Waals surface area contributed by atoms with Crippen molar-refractivity contribution in [1.29, 1.82) is 0 Å². The van der Waals surface area contributed by atoms with E-state index in [0.29, 0.717) is 53.1 Å². The number of nitrogens with one attached hydrogen (secondary N) is 12. The molecular formula is C79H96ClN16O15. The number of aliphatic hydroxyl groups is 1. The number of aromatic nitrogens is 1. The topological polar surface area (TPSA) is 472 Å². The standard InChI is InChI=1S/C79H96ClN16O15/c1-45(2)34-60(70(103)87-59(15-8-9-32-84-46(3)4)76(109)96-33-11-30-79(96,44-98)47(5)99)89-72(105)62(38-50-21-28-57(29-22-50)86-77(82)110)90-73(106)63(39-49-19-26-56(27-20-49)85-69(102)65-41-67(100)95-78(111)94-65)92-75(108)66(43-97)93-74(107)64(40-52-12-10-31-83-42-52)91-71(104)61(37-48-17-24-55(80)25-18-48)88-68(101)58(81)36-51-16-23-53-13-6-7-14-54(53)35-51/h6-7,10,12-14,16-29,31,35,42,45-46,58-66,84,97H,8-9,11,15,30,32-34,36-41,43,81H2,1-5H3,(H,85,102)(H,87,103)(H,88,101)(H,89,105)(H,90,106)(H,91,104)(H,92,108)(H,93,107)(H3,82,86,110)(H2,94,95,100,111)/t58-,59+,60+,61-,62-,63+,64-,65+,66+,79+/m1/s1. The number of halogens is 1. The van der Waals surface area contributed by atoms with Crippen molar-refractivity contribution in [2.45, 2.75) is 178 Å². The van der Waals surface area contributed by atoms with E-state index in [1.165, 1.54) is 67.8 Å². The highest BCUT2D eigenvalue weighted by Crippen LogP contribution is 2.30.